The van der Waals surface area contributed by atoms with Gasteiger partial charge in [-0.25, -0.2) is 4.98 Å². The Bertz CT molecular complexity index is 1080. The molecular formula is C26H29N3O. The van der Waals surface area contributed by atoms with Gasteiger partial charge >= 0.3 is 0 Å². The average molecular weight is 400 g/mol. The smallest absolute Gasteiger partial charge is 0.252 e. The summed E-state index contributed by atoms with van der Waals surface area (Å²) in [5, 5.41) is 4.26. The molecule has 1 aromatic heterocycles. The zero-order chi connectivity index (χ0) is 20.5. The lowest BCUT2D eigenvalue weighted by Crippen LogP contribution is -2.35. The van der Waals surface area contributed by atoms with Crippen LogP contribution < -0.4 is 10.2 Å². The van der Waals surface area contributed by atoms with E-state index in [2.05, 4.69) is 41.4 Å². The number of nitrogens with zero attached hydrogens (tertiary/aromatic N) is 2. The number of piperidine rings is 1. The molecule has 1 saturated heterocycles. The number of nitrogens with one attached hydrogen (secondary N) is 1. The van der Waals surface area contributed by atoms with Crippen molar-refractivity contribution in [3.05, 3.63) is 71.3 Å². The standard InChI is InChI=1S/C26H29N3O/c1-18-8-7-15-29(17-18)25-16-22(21-12-4-5-13-24(21)27-25)26(30)28-23-14-6-10-19-9-2-3-11-20(19)23/h2-5,9,11-13,16,18,23H,6-8,10,14-15,17H2,1H3,(H,28,30)/t18-,23-/m0/s1. The van der Waals surface area contributed by atoms with Gasteiger partial charge in [0, 0.05) is 18.5 Å². The van der Waals surface area contributed by atoms with Gasteiger partial charge in [0.05, 0.1) is 17.1 Å². The summed E-state index contributed by atoms with van der Waals surface area (Å²) in [6.07, 6.45) is 5.63. The number of carbonyl (C=O) groups excluding carboxylic acids is 1. The quantitative estimate of drug-likeness (QED) is 0.652. The minimum atomic E-state index is 0.00149. The molecule has 2 aliphatic rings. The molecule has 4 heteroatoms. The number of pyridine rings is 1. The molecule has 0 bridgehead atoms. The molecular weight excluding hydrogens is 370 g/mol. The van der Waals surface area contributed by atoms with Crippen LogP contribution in [0.1, 0.15) is 60.1 Å². The van der Waals surface area contributed by atoms with Crippen molar-refractivity contribution in [3.8, 4) is 0 Å². The number of aromatic nitrogens is 1. The van der Waals surface area contributed by atoms with Gasteiger partial charge in [-0.15, -0.1) is 0 Å². The van der Waals surface area contributed by atoms with E-state index in [0.717, 1.165) is 54.6 Å². The Labute approximate surface area is 178 Å². The van der Waals surface area contributed by atoms with E-state index in [1.807, 2.05) is 30.3 Å². The van der Waals surface area contributed by atoms with Crippen molar-refractivity contribution >= 4 is 22.6 Å². The first-order valence-electron chi connectivity index (χ1n) is 11.2. The fourth-order valence-corrected chi connectivity index (χ4v) is 5.05. The zero-order valence-electron chi connectivity index (χ0n) is 17.6. The van der Waals surface area contributed by atoms with Gasteiger partial charge in [-0.05, 0) is 61.3 Å². The van der Waals surface area contributed by atoms with Gasteiger partial charge in [0.2, 0.25) is 0 Å². The maximum Gasteiger partial charge on any atom is 0.252 e. The number of aryl methyl sites for hydroxylation is 1. The molecule has 2 aromatic carbocycles. The Kier molecular flexibility index (Phi) is 5.16. The minimum Gasteiger partial charge on any atom is -0.356 e. The van der Waals surface area contributed by atoms with E-state index in [4.69, 9.17) is 4.98 Å². The van der Waals surface area contributed by atoms with Crippen LogP contribution in [0.5, 0.6) is 0 Å². The molecule has 2 atom stereocenters. The normalized spacial score (nSPS) is 21.3. The van der Waals surface area contributed by atoms with Crippen molar-refractivity contribution in [2.45, 2.75) is 45.1 Å². The van der Waals surface area contributed by atoms with Crippen molar-refractivity contribution in [3.63, 3.8) is 0 Å². The highest BCUT2D eigenvalue weighted by molar-refractivity contribution is 6.07. The van der Waals surface area contributed by atoms with Gasteiger partial charge in [-0.3, -0.25) is 4.79 Å². The predicted octanol–water partition coefficient (Wildman–Crippen LogP) is 5.28. The fourth-order valence-electron chi connectivity index (χ4n) is 5.05. The molecule has 1 aliphatic heterocycles. The van der Waals surface area contributed by atoms with E-state index in [0.29, 0.717) is 5.92 Å². The first-order chi connectivity index (χ1) is 14.7. The maximum absolute atomic E-state index is 13.5. The summed E-state index contributed by atoms with van der Waals surface area (Å²) in [7, 11) is 0. The SMILES string of the molecule is C[C@H]1CCCN(c2cc(C(=O)N[C@H]3CCCc4ccccc43)c3ccccc3n2)C1. The Morgan fingerprint density at radius 2 is 1.90 bits per heavy atom. The Morgan fingerprint density at radius 1 is 1.07 bits per heavy atom. The van der Waals surface area contributed by atoms with E-state index >= 15 is 0 Å². The largest absolute Gasteiger partial charge is 0.356 e. The lowest BCUT2D eigenvalue weighted by molar-refractivity contribution is 0.0934. The number of anilines is 1. The van der Waals surface area contributed by atoms with Crippen LogP contribution in [0.4, 0.5) is 5.82 Å². The number of fused-ring (bicyclic) bond motifs is 2. The van der Waals surface area contributed by atoms with Gasteiger partial charge in [-0.2, -0.15) is 0 Å². The third-order valence-electron chi connectivity index (χ3n) is 6.60. The van der Waals surface area contributed by atoms with Gasteiger partial charge < -0.3 is 10.2 Å². The third kappa shape index (κ3) is 3.67. The van der Waals surface area contributed by atoms with Crippen molar-refractivity contribution in [1.82, 2.24) is 10.3 Å². The van der Waals surface area contributed by atoms with Crippen LogP contribution in [0.15, 0.2) is 54.6 Å². The fraction of sp³-hybridized carbons (Fsp3) is 0.385. The van der Waals surface area contributed by atoms with Crippen LogP contribution in [0, 0.1) is 5.92 Å². The number of benzene rings is 2. The number of hydrogen-bond donors (Lipinski definition) is 1. The Hall–Kier alpha value is -2.88. The molecule has 1 aliphatic carbocycles. The highest BCUT2D eigenvalue weighted by Gasteiger charge is 2.24. The highest BCUT2D eigenvalue weighted by atomic mass is 16.1. The molecule has 3 aromatic rings. The monoisotopic (exact) mass is 399 g/mol. The van der Waals surface area contributed by atoms with E-state index in [1.54, 1.807) is 0 Å². The molecule has 2 heterocycles. The van der Waals surface area contributed by atoms with Gasteiger partial charge in [0.25, 0.3) is 5.91 Å². The molecule has 0 saturated carbocycles. The molecule has 0 unspecified atom stereocenters. The van der Waals surface area contributed by atoms with E-state index < -0.39 is 0 Å². The van der Waals surface area contributed by atoms with Crippen LogP contribution in [0.25, 0.3) is 10.9 Å². The third-order valence-corrected chi connectivity index (χ3v) is 6.60. The molecule has 0 spiro atoms. The van der Waals surface area contributed by atoms with Crippen LogP contribution in [-0.2, 0) is 6.42 Å². The second kappa shape index (κ2) is 8.10. The lowest BCUT2D eigenvalue weighted by atomic mass is 9.87. The molecule has 30 heavy (non-hydrogen) atoms. The molecule has 1 fully saturated rings. The van der Waals surface area contributed by atoms with Crippen LogP contribution in [-0.4, -0.2) is 24.0 Å². The summed E-state index contributed by atoms with van der Waals surface area (Å²) in [6, 6.07) is 18.6. The van der Waals surface area contributed by atoms with E-state index in [9.17, 15) is 4.79 Å². The summed E-state index contributed by atoms with van der Waals surface area (Å²) >= 11 is 0. The van der Waals surface area contributed by atoms with Crippen LogP contribution in [0.2, 0.25) is 0 Å². The minimum absolute atomic E-state index is 0.00149. The van der Waals surface area contributed by atoms with Crippen molar-refractivity contribution in [1.29, 1.82) is 0 Å². The second-order valence-corrected chi connectivity index (χ2v) is 8.86. The number of amides is 1. The predicted molar refractivity (Wildman–Crippen MR) is 122 cm³/mol. The topological polar surface area (TPSA) is 45.2 Å². The average Bonchev–Trinajstić information content (AvgIpc) is 2.78. The lowest BCUT2D eigenvalue weighted by Gasteiger charge is -2.32. The molecule has 154 valence electrons. The zero-order valence-corrected chi connectivity index (χ0v) is 17.6. The van der Waals surface area contributed by atoms with E-state index in [1.165, 1.54) is 24.0 Å². The van der Waals surface area contributed by atoms with Crippen molar-refractivity contribution < 1.29 is 4.79 Å². The van der Waals surface area contributed by atoms with Crippen LogP contribution >= 0.6 is 0 Å². The summed E-state index contributed by atoms with van der Waals surface area (Å²) in [4.78, 5) is 20.7. The summed E-state index contributed by atoms with van der Waals surface area (Å²) in [5.74, 6) is 1.58. The summed E-state index contributed by atoms with van der Waals surface area (Å²) in [6.45, 7) is 4.30. The van der Waals surface area contributed by atoms with Crippen LogP contribution in [0.3, 0.4) is 0 Å². The molecule has 1 amide bonds. The second-order valence-electron chi connectivity index (χ2n) is 8.86. The van der Waals surface area contributed by atoms with E-state index in [-0.39, 0.29) is 11.9 Å². The first-order valence-corrected chi connectivity index (χ1v) is 11.2. The highest BCUT2D eigenvalue weighted by Crippen LogP contribution is 2.31. The molecule has 0 radical (unpaired) electrons. The number of para-hydroxylation sites is 1. The molecule has 1 N–H and O–H groups in total. The number of carbonyl (C=O) groups is 1. The summed E-state index contributed by atoms with van der Waals surface area (Å²) < 4.78 is 0. The van der Waals surface area contributed by atoms with Crippen molar-refractivity contribution in [2.24, 2.45) is 5.92 Å². The van der Waals surface area contributed by atoms with Gasteiger partial charge in [-0.1, -0.05) is 49.4 Å². The Morgan fingerprint density at radius 3 is 2.80 bits per heavy atom. The molecule has 5 rings (SSSR count). The van der Waals surface area contributed by atoms with Gasteiger partial charge in [0.15, 0.2) is 0 Å². The van der Waals surface area contributed by atoms with Crippen molar-refractivity contribution in [2.75, 3.05) is 18.0 Å². The number of hydrogen-bond acceptors (Lipinski definition) is 3. The summed E-state index contributed by atoms with van der Waals surface area (Å²) in [5.41, 5.74) is 4.25. The first kappa shape index (κ1) is 19.1. The number of rotatable bonds is 3. The maximum atomic E-state index is 13.5. The van der Waals surface area contributed by atoms with Gasteiger partial charge in [0.1, 0.15) is 5.82 Å². The Balaban J connectivity index is 1.49. The molecule has 4 nitrogen and oxygen atoms in total.